The molecular weight excluding hydrogens is 500 g/mol. The van der Waals surface area contributed by atoms with Crippen LogP contribution < -0.4 is 4.74 Å². The zero-order valence-corrected chi connectivity index (χ0v) is 22.2. The minimum atomic E-state index is 0.716. The fourth-order valence-electron chi connectivity index (χ4n) is 5.65. The first-order chi connectivity index (χ1) is 20.3. The third kappa shape index (κ3) is 4.16. The number of ether oxygens (including phenoxy) is 1. The van der Waals surface area contributed by atoms with E-state index in [1.807, 2.05) is 54.6 Å². The monoisotopic (exact) mass is 524 g/mol. The molecule has 8 rings (SSSR count). The van der Waals surface area contributed by atoms with E-state index in [2.05, 4.69) is 91.0 Å². The lowest BCUT2D eigenvalue weighted by Gasteiger charge is -2.22. The van der Waals surface area contributed by atoms with Crippen molar-refractivity contribution in [3.8, 4) is 67.7 Å². The van der Waals surface area contributed by atoms with E-state index in [-0.39, 0.29) is 0 Å². The summed E-state index contributed by atoms with van der Waals surface area (Å²) in [5.74, 6) is 2.51. The molecule has 7 aromatic rings. The van der Waals surface area contributed by atoms with E-state index in [0.717, 1.165) is 56.3 Å². The molecule has 0 amide bonds. The molecule has 1 aliphatic rings. The molecule has 41 heavy (non-hydrogen) atoms. The Morgan fingerprint density at radius 3 is 1.73 bits per heavy atom. The van der Waals surface area contributed by atoms with Crippen LogP contribution in [0, 0.1) is 0 Å². The number of rotatable bonds is 4. The van der Waals surface area contributed by atoms with Crippen LogP contribution in [0.2, 0.25) is 0 Å². The molecule has 1 aliphatic heterocycles. The summed E-state index contributed by atoms with van der Waals surface area (Å²) in [6.07, 6.45) is 0. The number of nitrogens with zero attached hydrogens (tertiary/aromatic N) is 2. The van der Waals surface area contributed by atoms with Crippen molar-refractivity contribution in [1.29, 1.82) is 0 Å². The average molecular weight is 525 g/mol. The summed E-state index contributed by atoms with van der Waals surface area (Å²) in [5, 5.41) is 2.37. The van der Waals surface area contributed by atoms with Crippen LogP contribution in [0.25, 0.3) is 66.9 Å². The summed E-state index contributed by atoms with van der Waals surface area (Å²) in [5.41, 5.74) is 9.47. The first-order valence-corrected chi connectivity index (χ1v) is 13.7. The lowest BCUT2D eigenvalue weighted by Crippen LogP contribution is -1.97. The van der Waals surface area contributed by atoms with Crippen LogP contribution in [0.3, 0.4) is 0 Å². The minimum Gasteiger partial charge on any atom is -0.456 e. The highest BCUT2D eigenvalue weighted by atomic mass is 16.5. The van der Waals surface area contributed by atoms with E-state index in [4.69, 9.17) is 14.7 Å². The van der Waals surface area contributed by atoms with Crippen LogP contribution in [0.15, 0.2) is 146 Å². The molecule has 3 nitrogen and oxygen atoms in total. The summed E-state index contributed by atoms with van der Waals surface area (Å²) in [6.45, 7) is 0. The molecule has 0 atom stereocenters. The topological polar surface area (TPSA) is 35.0 Å². The molecule has 1 aromatic heterocycles. The second-order valence-corrected chi connectivity index (χ2v) is 10.2. The predicted molar refractivity (Wildman–Crippen MR) is 167 cm³/mol. The number of benzene rings is 6. The molecule has 0 N–H and O–H groups in total. The van der Waals surface area contributed by atoms with Gasteiger partial charge in [-0.1, -0.05) is 121 Å². The maximum Gasteiger partial charge on any atom is 0.160 e. The zero-order valence-electron chi connectivity index (χ0n) is 22.2. The number of hydrogen-bond acceptors (Lipinski definition) is 3. The van der Waals surface area contributed by atoms with Crippen molar-refractivity contribution in [2.24, 2.45) is 0 Å². The molecule has 0 spiro atoms. The molecule has 3 heteroatoms. The van der Waals surface area contributed by atoms with Crippen LogP contribution in [-0.2, 0) is 0 Å². The molecule has 0 fully saturated rings. The SMILES string of the molecule is c1ccc(-c2cc(-c3ccc(-c4ccc5c(c4)Oc4cccc6cccc-5c46)cc3)nc(-c3ccccc3)n2)cc1. The summed E-state index contributed by atoms with van der Waals surface area (Å²) in [7, 11) is 0. The molecular formula is C38H24N2O. The third-order valence-electron chi connectivity index (χ3n) is 7.70. The standard InChI is InChI=1S/C38H24N2O/c1-3-9-26(10-4-1)33-24-34(40-38(39-33)29-11-5-2-6-12-29)27-19-17-25(18-20-27)30-21-22-31-32-15-7-13-28-14-8-16-35(37(28)32)41-36(31)23-30/h1-24H. The quantitative estimate of drug-likeness (QED) is 0.230. The van der Waals surface area contributed by atoms with Crippen LogP contribution in [0.5, 0.6) is 11.5 Å². The average Bonchev–Trinajstić information content (AvgIpc) is 3.05. The largest absolute Gasteiger partial charge is 0.456 e. The van der Waals surface area contributed by atoms with Crippen molar-refractivity contribution < 1.29 is 4.74 Å². The van der Waals surface area contributed by atoms with Gasteiger partial charge in [-0.05, 0) is 46.3 Å². The van der Waals surface area contributed by atoms with E-state index in [9.17, 15) is 0 Å². The Balaban J connectivity index is 1.17. The van der Waals surface area contributed by atoms with Crippen LogP contribution in [-0.4, -0.2) is 9.97 Å². The molecule has 192 valence electrons. The highest BCUT2D eigenvalue weighted by Crippen LogP contribution is 2.47. The fourth-order valence-corrected chi connectivity index (χ4v) is 5.65. The van der Waals surface area contributed by atoms with Crippen LogP contribution in [0.1, 0.15) is 0 Å². The molecule has 0 radical (unpaired) electrons. The van der Waals surface area contributed by atoms with Crippen LogP contribution in [0.4, 0.5) is 0 Å². The smallest absolute Gasteiger partial charge is 0.160 e. The fraction of sp³-hybridized carbons (Fsp3) is 0. The van der Waals surface area contributed by atoms with Gasteiger partial charge in [0, 0.05) is 27.6 Å². The maximum absolute atomic E-state index is 6.40. The van der Waals surface area contributed by atoms with E-state index in [0.29, 0.717) is 5.82 Å². The van der Waals surface area contributed by atoms with Crippen molar-refractivity contribution in [2.45, 2.75) is 0 Å². The van der Waals surface area contributed by atoms with E-state index < -0.39 is 0 Å². The van der Waals surface area contributed by atoms with Crippen molar-refractivity contribution in [3.05, 3.63) is 146 Å². The zero-order chi connectivity index (χ0) is 27.2. The second kappa shape index (κ2) is 9.58. The van der Waals surface area contributed by atoms with E-state index in [1.54, 1.807) is 0 Å². The maximum atomic E-state index is 6.40. The molecule has 0 saturated heterocycles. The van der Waals surface area contributed by atoms with E-state index >= 15 is 0 Å². The molecule has 0 aliphatic carbocycles. The minimum absolute atomic E-state index is 0.716. The van der Waals surface area contributed by atoms with Gasteiger partial charge in [-0.25, -0.2) is 9.97 Å². The van der Waals surface area contributed by atoms with Crippen molar-refractivity contribution >= 4 is 10.8 Å². The van der Waals surface area contributed by atoms with Crippen molar-refractivity contribution in [3.63, 3.8) is 0 Å². The van der Waals surface area contributed by atoms with Crippen molar-refractivity contribution in [2.75, 3.05) is 0 Å². The van der Waals surface area contributed by atoms with Gasteiger partial charge < -0.3 is 4.74 Å². The second-order valence-electron chi connectivity index (χ2n) is 10.2. The predicted octanol–water partition coefficient (Wildman–Crippen LogP) is 10.1. The Hall–Kier alpha value is -5.54. The van der Waals surface area contributed by atoms with Gasteiger partial charge in [-0.15, -0.1) is 0 Å². The summed E-state index contributed by atoms with van der Waals surface area (Å²) in [4.78, 5) is 9.88. The van der Waals surface area contributed by atoms with Gasteiger partial charge in [0.2, 0.25) is 0 Å². The lowest BCUT2D eigenvalue weighted by atomic mass is 9.93. The third-order valence-corrected chi connectivity index (χ3v) is 7.70. The van der Waals surface area contributed by atoms with Gasteiger partial charge in [0.25, 0.3) is 0 Å². The molecule has 0 unspecified atom stereocenters. The van der Waals surface area contributed by atoms with Gasteiger partial charge in [-0.3, -0.25) is 0 Å². The first kappa shape index (κ1) is 23.4. The van der Waals surface area contributed by atoms with Crippen LogP contribution >= 0.6 is 0 Å². The van der Waals surface area contributed by atoms with Gasteiger partial charge in [0.05, 0.1) is 11.4 Å². The molecule has 0 bridgehead atoms. The highest BCUT2D eigenvalue weighted by Gasteiger charge is 2.20. The Morgan fingerprint density at radius 2 is 1.00 bits per heavy atom. The Kier molecular flexibility index (Phi) is 5.46. The molecule has 0 saturated carbocycles. The number of aromatic nitrogens is 2. The van der Waals surface area contributed by atoms with Gasteiger partial charge in [0.15, 0.2) is 5.82 Å². The lowest BCUT2D eigenvalue weighted by molar-refractivity contribution is 0.487. The number of fused-ring (bicyclic) bond motifs is 2. The van der Waals surface area contributed by atoms with E-state index in [1.165, 1.54) is 16.3 Å². The molecule has 6 aromatic carbocycles. The Labute approximate surface area is 238 Å². The van der Waals surface area contributed by atoms with Gasteiger partial charge >= 0.3 is 0 Å². The highest BCUT2D eigenvalue weighted by molar-refractivity contribution is 6.04. The summed E-state index contributed by atoms with van der Waals surface area (Å²) in [6, 6.07) is 50.2. The summed E-state index contributed by atoms with van der Waals surface area (Å²) < 4.78 is 6.40. The first-order valence-electron chi connectivity index (χ1n) is 13.7. The summed E-state index contributed by atoms with van der Waals surface area (Å²) >= 11 is 0. The number of hydrogen-bond donors (Lipinski definition) is 0. The van der Waals surface area contributed by atoms with Gasteiger partial charge in [-0.2, -0.15) is 0 Å². The van der Waals surface area contributed by atoms with Crippen molar-refractivity contribution in [1.82, 2.24) is 9.97 Å². The Bertz CT molecular complexity index is 1990. The Morgan fingerprint density at radius 1 is 0.390 bits per heavy atom. The molecule has 2 heterocycles. The normalized spacial score (nSPS) is 11.6. The van der Waals surface area contributed by atoms with Gasteiger partial charge in [0.1, 0.15) is 11.5 Å².